The van der Waals surface area contributed by atoms with Crippen LogP contribution in [0.2, 0.25) is 0 Å². The van der Waals surface area contributed by atoms with E-state index in [9.17, 15) is 0 Å². The molecule has 0 aliphatic rings. The largest absolute Gasteiger partial charge is 0.378 e. The number of hydrogen-bond acceptors (Lipinski definition) is 4. The number of hydrogen-bond donors (Lipinski definition) is 2. The summed E-state index contributed by atoms with van der Waals surface area (Å²) in [6.07, 6.45) is 5.50. The zero-order valence-corrected chi connectivity index (χ0v) is 9.44. The maximum absolute atomic E-state index is 4.24. The highest BCUT2D eigenvalue weighted by Crippen LogP contribution is 2.12. The van der Waals surface area contributed by atoms with Gasteiger partial charge in [-0.1, -0.05) is 0 Å². The summed E-state index contributed by atoms with van der Waals surface area (Å²) in [5.74, 6) is 1.85. The van der Waals surface area contributed by atoms with Crippen LogP contribution in [0.4, 0.5) is 11.5 Å². The van der Waals surface area contributed by atoms with Crippen molar-refractivity contribution in [2.24, 2.45) is 7.05 Å². The van der Waals surface area contributed by atoms with Gasteiger partial charge in [-0.25, -0.2) is 9.97 Å². The zero-order chi connectivity index (χ0) is 11.4. The maximum Gasteiger partial charge on any atom is 0.127 e. The topological polar surface area (TPSA) is 54.8 Å². The molecule has 0 saturated heterocycles. The molecule has 0 atom stereocenters. The molecule has 0 saturated carbocycles. The summed E-state index contributed by atoms with van der Waals surface area (Å²) in [5.41, 5.74) is 1.03. The monoisotopic (exact) mass is 217 g/mol. The third-order valence-corrected chi connectivity index (χ3v) is 2.39. The van der Waals surface area contributed by atoms with Crippen molar-refractivity contribution in [3.63, 3.8) is 0 Å². The van der Waals surface area contributed by atoms with E-state index in [1.165, 1.54) is 0 Å². The lowest BCUT2D eigenvalue weighted by Gasteiger charge is -2.07. The minimum Gasteiger partial charge on any atom is -0.378 e. The highest BCUT2D eigenvalue weighted by Gasteiger charge is 1.99. The molecular weight excluding hydrogens is 202 g/mol. The first-order valence-corrected chi connectivity index (χ1v) is 5.13. The average molecular weight is 217 g/mol. The van der Waals surface area contributed by atoms with Crippen LogP contribution < -0.4 is 10.6 Å². The van der Waals surface area contributed by atoms with E-state index in [0.717, 1.165) is 17.3 Å². The molecule has 2 heterocycles. The smallest absolute Gasteiger partial charge is 0.127 e. The van der Waals surface area contributed by atoms with Crippen LogP contribution in [0.25, 0.3) is 0 Å². The molecule has 84 valence electrons. The molecule has 0 bridgehead atoms. The summed E-state index contributed by atoms with van der Waals surface area (Å²) in [6.45, 7) is 0.705. The third-order valence-electron chi connectivity index (χ3n) is 2.39. The second-order valence-corrected chi connectivity index (χ2v) is 3.49. The van der Waals surface area contributed by atoms with Gasteiger partial charge in [-0.3, -0.25) is 0 Å². The van der Waals surface area contributed by atoms with Gasteiger partial charge in [0.25, 0.3) is 0 Å². The van der Waals surface area contributed by atoms with Gasteiger partial charge in [0.15, 0.2) is 0 Å². The van der Waals surface area contributed by atoms with Gasteiger partial charge in [0.2, 0.25) is 0 Å². The Labute approximate surface area is 94.5 Å². The number of aryl methyl sites for hydroxylation is 1. The maximum atomic E-state index is 4.24. The molecule has 0 aromatic carbocycles. The Morgan fingerprint density at radius 2 is 2.19 bits per heavy atom. The van der Waals surface area contributed by atoms with Crippen molar-refractivity contribution in [3.05, 3.63) is 36.5 Å². The van der Waals surface area contributed by atoms with E-state index in [1.54, 1.807) is 12.4 Å². The van der Waals surface area contributed by atoms with Crippen molar-refractivity contribution in [2.75, 3.05) is 17.7 Å². The summed E-state index contributed by atoms with van der Waals surface area (Å²) >= 11 is 0. The molecule has 0 amide bonds. The van der Waals surface area contributed by atoms with E-state index in [1.807, 2.05) is 37.0 Å². The number of anilines is 2. The summed E-state index contributed by atoms with van der Waals surface area (Å²) in [6, 6.07) is 3.90. The molecule has 2 rings (SSSR count). The molecular formula is C11H15N5. The minimum atomic E-state index is 0.705. The van der Waals surface area contributed by atoms with Crippen molar-refractivity contribution < 1.29 is 0 Å². The first-order chi connectivity index (χ1) is 7.79. The quantitative estimate of drug-likeness (QED) is 0.814. The lowest BCUT2D eigenvalue weighted by atomic mass is 10.4. The molecule has 5 heteroatoms. The van der Waals surface area contributed by atoms with Gasteiger partial charge in [0.05, 0.1) is 6.54 Å². The van der Waals surface area contributed by atoms with Gasteiger partial charge in [-0.2, -0.15) is 0 Å². The Balaban J connectivity index is 2.02. The Morgan fingerprint density at radius 3 is 2.88 bits per heavy atom. The van der Waals surface area contributed by atoms with E-state index in [-0.39, 0.29) is 0 Å². The van der Waals surface area contributed by atoms with Crippen LogP contribution >= 0.6 is 0 Å². The van der Waals surface area contributed by atoms with E-state index in [4.69, 9.17) is 0 Å². The van der Waals surface area contributed by atoms with Crippen LogP contribution in [0.1, 0.15) is 5.82 Å². The summed E-state index contributed by atoms with van der Waals surface area (Å²) < 4.78 is 1.99. The van der Waals surface area contributed by atoms with Crippen LogP contribution in [-0.2, 0) is 13.6 Å². The molecule has 16 heavy (non-hydrogen) atoms. The fourth-order valence-electron chi connectivity index (χ4n) is 1.43. The minimum absolute atomic E-state index is 0.705. The number of nitrogens with zero attached hydrogens (tertiary/aromatic N) is 3. The lowest BCUT2D eigenvalue weighted by molar-refractivity contribution is 0.813. The van der Waals surface area contributed by atoms with Gasteiger partial charge >= 0.3 is 0 Å². The van der Waals surface area contributed by atoms with Crippen LogP contribution in [0.15, 0.2) is 30.7 Å². The van der Waals surface area contributed by atoms with Crippen LogP contribution in [0.5, 0.6) is 0 Å². The van der Waals surface area contributed by atoms with Gasteiger partial charge < -0.3 is 15.2 Å². The summed E-state index contributed by atoms with van der Waals surface area (Å²) in [5, 5.41) is 6.30. The molecule has 2 aromatic heterocycles. The van der Waals surface area contributed by atoms with Gasteiger partial charge in [0, 0.05) is 44.4 Å². The first-order valence-electron chi connectivity index (χ1n) is 5.13. The Morgan fingerprint density at radius 1 is 1.31 bits per heavy atom. The average Bonchev–Trinajstić information content (AvgIpc) is 2.72. The molecule has 0 fully saturated rings. The number of rotatable bonds is 4. The lowest BCUT2D eigenvalue weighted by Crippen LogP contribution is -2.06. The van der Waals surface area contributed by atoms with Crippen LogP contribution in [0.3, 0.4) is 0 Å². The normalized spacial score (nSPS) is 10.1. The predicted octanol–water partition coefficient (Wildman–Crippen LogP) is 1.47. The molecule has 5 nitrogen and oxygen atoms in total. The fraction of sp³-hybridized carbons (Fsp3) is 0.273. The second-order valence-electron chi connectivity index (χ2n) is 3.49. The third kappa shape index (κ3) is 2.31. The predicted molar refractivity (Wildman–Crippen MR) is 64.3 cm³/mol. The van der Waals surface area contributed by atoms with E-state index < -0.39 is 0 Å². The number of pyridine rings is 1. The first kappa shape index (κ1) is 10.5. The highest BCUT2D eigenvalue weighted by molar-refractivity contribution is 5.51. The molecule has 2 aromatic rings. The van der Waals surface area contributed by atoms with Crippen molar-refractivity contribution >= 4 is 11.5 Å². The van der Waals surface area contributed by atoms with Gasteiger partial charge in [-0.15, -0.1) is 0 Å². The molecule has 0 spiro atoms. The Kier molecular flexibility index (Phi) is 3.05. The zero-order valence-electron chi connectivity index (χ0n) is 9.44. The Hall–Kier alpha value is -2.04. The van der Waals surface area contributed by atoms with Gasteiger partial charge in [-0.05, 0) is 6.07 Å². The fourth-order valence-corrected chi connectivity index (χ4v) is 1.43. The number of nitrogens with one attached hydrogen (secondary N) is 2. The van der Waals surface area contributed by atoms with E-state index >= 15 is 0 Å². The molecule has 0 aliphatic heterocycles. The van der Waals surface area contributed by atoms with E-state index in [2.05, 4.69) is 20.6 Å². The highest BCUT2D eigenvalue weighted by atomic mass is 15.1. The van der Waals surface area contributed by atoms with Crippen LogP contribution in [0, 0.1) is 0 Å². The van der Waals surface area contributed by atoms with Crippen molar-refractivity contribution in [1.82, 2.24) is 14.5 Å². The second kappa shape index (κ2) is 4.65. The van der Waals surface area contributed by atoms with Crippen LogP contribution in [-0.4, -0.2) is 21.6 Å². The summed E-state index contributed by atoms with van der Waals surface area (Å²) in [4.78, 5) is 8.39. The standard InChI is InChI=1S/C11H15N5/c1-12-10-7-9(3-4-13-10)15-8-11-14-5-6-16(11)2/h3-7H,8H2,1-2H3,(H2,12,13,15). The SMILES string of the molecule is CNc1cc(NCc2nccn2C)ccn1. The van der Waals surface area contributed by atoms with Gasteiger partial charge in [0.1, 0.15) is 11.6 Å². The molecule has 0 unspecified atom stereocenters. The summed E-state index contributed by atoms with van der Waals surface area (Å²) in [7, 11) is 3.83. The number of aromatic nitrogens is 3. The molecule has 0 radical (unpaired) electrons. The molecule has 0 aliphatic carbocycles. The number of imidazole rings is 1. The Bertz CT molecular complexity index is 463. The van der Waals surface area contributed by atoms with Crippen molar-refractivity contribution in [1.29, 1.82) is 0 Å². The van der Waals surface area contributed by atoms with E-state index in [0.29, 0.717) is 6.54 Å². The van der Waals surface area contributed by atoms with Crippen molar-refractivity contribution in [2.45, 2.75) is 6.54 Å². The molecule has 2 N–H and O–H groups in total. The van der Waals surface area contributed by atoms with Crippen molar-refractivity contribution in [3.8, 4) is 0 Å².